The van der Waals surface area contributed by atoms with Crippen molar-refractivity contribution in [3.05, 3.63) is 39.9 Å². The van der Waals surface area contributed by atoms with Gasteiger partial charge in [-0.3, -0.25) is 10.1 Å². The van der Waals surface area contributed by atoms with Crippen molar-refractivity contribution in [1.29, 1.82) is 0 Å². The molecule has 0 atom stereocenters. The second kappa shape index (κ2) is 5.75. The lowest BCUT2D eigenvalue weighted by molar-refractivity contribution is -0.384. The summed E-state index contributed by atoms with van der Waals surface area (Å²) in [6, 6.07) is 9.12. The maximum absolute atomic E-state index is 10.5. The number of nitro benzene ring substituents is 1. The predicted molar refractivity (Wildman–Crippen MR) is 68.6 cm³/mol. The van der Waals surface area contributed by atoms with E-state index in [0.717, 1.165) is 18.7 Å². The van der Waals surface area contributed by atoms with Gasteiger partial charge in [0.15, 0.2) is 0 Å². The van der Waals surface area contributed by atoms with E-state index in [1.165, 1.54) is 25.0 Å². The number of non-ortho nitro benzene ring substituents is 1. The minimum absolute atomic E-state index is 0.0729. The summed E-state index contributed by atoms with van der Waals surface area (Å²) in [6.07, 6.45) is 2.40. The summed E-state index contributed by atoms with van der Waals surface area (Å²) in [6.45, 7) is 2.04. The van der Waals surface area contributed by atoms with Crippen molar-refractivity contribution >= 4 is 5.69 Å². The molecule has 0 radical (unpaired) electrons. The summed E-state index contributed by atoms with van der Waals surface area (Å²) in [7, 11) is 0. The molecule has 0 aliphatic carbocycles. The van der Waals surface area contributed by atoms with Crippen molar-refractivity contribution in [3.8, 4) is 23.8 Å². The monoisotopic (exact) mass is 240 g/mol. The first-order chi connectivity index (χ1) is 8.75. The molecule has 2 rings (SSSR count). The number of hydrogen-bond donors (Lipinski definition) is 0. The second-order valence-corrected chi connectivity index (χ2v) is 3.98. The first-order valence-corrected chi connectivity index (χ1v) is 5.77. The van der Waals surface area contributed by atoms with Crippen molar-refractivity contribution in [2.45, 2.75) is 12.8 Å². The molecule has 1 fully saturated rings. The van der Waals surface area contributed by atoms with Crippen molar-refractivity contribution in [2.24, 2.45) is 0 Å². The summed E-state index contributed by atoms with van der Waals surface area (Å²) in [5, 5.41) is 10.5. The molecular weight excluding hydrogens is 228 g/mol. The second-order valence-electron chi connectivity index (χ2n) is 3.98. The van der Waals surface area contributed by atoms with Crippen LogP contribution in [-0.4, -0.2) is 22.9 Å². The van der Waals surface area contributed by atoms with Gasteiger partial charge in [-0.05, 0) is 30.9 Å². The third-order valence-corrected chi connectivity index (χ3v) is 2.67. The van der Waals surface area contributed by atoms with E-state index >= 15 is 0 Å². The van der Waals surface area contributed by atoms with E-state index in [2.05, 4.69) is 28.7 Å². The van der Waals surface area contributed by atoms with E-state index in [9.17, 15) is 10.1 Å². The maximum atomic E-state index is 10.5. The Kier molecular flexibility index (Phi) is 3.83. The van der Waals surface area contributed by atoms with Crippen LogP contribution in [0.15, 0.2) is 24.3 Å². The van der Waals surface area contributed by atoms with Gasteiger partial charge in [0.2, 0.25) is 0 Å². The van der Waals surface area contributed by atoms with Gasteiger partial charge in [0.1, 0.15) is 0 Å². The lowest BCUT2D eigenvalue weighted by Crippen LogP contribution is -2.10. The topological polar surface area (TPSA) is 46.4 Å². The Morgan fingerprint density at radius 1 is 1.11 bits per heavy atom. The van der Waals surface area contributed by atoms with Crippen LogP contribution >= 0.6 is 0 Å². The van der Waals surface area contributed by atoms with E-state index in [4.69, 9.17) is 0 Å². The summed E-state index contributed by atoms with van der Waals surface area (Å²) < 4.78 is 0. The lowest BCUT2D eigenvalue weighted by atomic mass is 10.2. The molecule has 1 aromatic rings. The molecule has 4 nitrogen and oxygen atoms in total. The fraction of sp³-hybridized carbons (Fsp3) is 0.286. The Morgan fingerprint density at radius 3 is 2.39 bits per heavy atom. The highest BCUT2D eigenvalue weighted by atomic mass is 16.6. The minimum Gasteiger partial charge on any atom is -0.332 e. The zero-order chi connectivity index (χ0) is 12.8. The largest absolute Gasteiger partial charge is 0.332 e. The number of likely N-dealkylation sites (tertiary alicyclic amines) is 1. The Hall–Kier alpha value is -2.46. The molecule has 1 saturated heterocycles. The maximum Gasteiger partial charge on any atom is 0.269 e. The number of rotatable bonds is 1. The first kappa shape index (κ1) is 12.0. The van der Waals surface area contributed by atoms with E-state index in [0.29, 0.717) is 0 Å². The Morgan fingerprint density at radius 2 is 1.78 bits per heavy atom. The zero-order valence-corrected chi connectivity index (χ0v) is 9.85. The van der Waals surface area contributed by atoms with Crippen LogP contribution in [0.1, 0.15) is 18.4 Å². The van der Waals surface area contributed by atoms with Crippen LogP contribution in [-0.2, 0) is 0 Å². The van der Waals surface area contributed by atoms with Crippen LogP contribution in [0.4, 0.5) is 5.69 Å². The van der Waals surface area contributed by atoms with Gasteiger partial charge in [-0.2, -0.15) is 0 Å². The molecule has 0 amide bonds. The highest BCUT2D eigenvalue weighted by Crippen LogP contribution is 2.10. The Labute approximate surface area is 106 Å². The summed E-state index contributed by atoms with van der Waals surface area (Å²) in [4.78, 5) is 12.1. The van der Waals surface area contributed by atoms with Crippen LogP contribution in [0.2, 0.25) is 0 Å². The van der Waals surface area contributed by atoms with Crippen LogP contribution < -0.4 is 0 Å². The van der Waals surface area contributed by atoms with Gasteiger partial charge in [-0.1, -0.05) is 5.92 Å². The molecular formula is C14H12N2O2. The molecule has 0 saturated carbocycles. The van der Waals surface area contributed by atoms with Crippen LogP contribution in [0.25, 0.3) is 0 Å². The number of benzene rings is 1. The SMILES string of the molecule is O=[N+]([O-])c1ccc(C#CC#CN2CCCC2)cc1. The Bertz CT molecular complexity index is 549. The van der Waals surface area contributed by atoms with Crippen LogP contribution in [0, 0.1) is 33.9 Å². The molecule has 1 aliphatic rings. The highest BCUT2D eigenvalue weighted by Gasteiger charge is 2.05. The van der Waals surface area contributed by atoms with Crippen molar-refractivity contribution < 1.29 is 4.92 Å². The normalized spacial score (nSPS) is 13.2. The molecule has 0 aromatic heterocycles. The van der Waals surface area contributed by atoms with Crippen LogP contribution in [0.3, 0.4) is 0 Å². The van der Waals surface area contributed by atoms with Crippen LogP contribution in [0.5, 0.6) is 0 Å². The quantitative estimate of drug-likeness (QED) is 0.428. The molecule has 1 heterocycles. The van der Waals surface area contributed by atoms with Gasteiger partial charge in [0.05, 0.1) is 4.92 Å². The standard InChI is InChI=1S/C14H12N2O2/c17-16(18)14-8-6-13(7-9-14)5-1-2-10-15-11-3-4-12-15/h6-9H,3-4,11-12H2. The summed E-state index contributed by atoms with van der Waals surface area (Å²) in [5.41, 5.74) is 0.806. The predicted octanol–water partition coefficient (Wildman–Crippen LogP) is 2.00. The van der Waals surface area contributed by atoms with Gasteiger partial charge in [0.25, 0.3) is 5.69 Å². The van der Waals surface area contributed by atoms with Gasteiger partial charge in [-0.25, -0.2) is 0 Å². The molecule has 0 spiro atoms. The van der Waals surface area contributed by atoms with Crippen molar-refractivity contribution in [2.75, 3.05) is 13.1 Å². The van der Waals surface area contributed by atoms with Gasteiger partial charge in [0, 0.05) is 42.8 Å². The first-order valence-electron chi connectivity index (χ1n) is 5.77. The Balaban J connectivity index is 1.98. The van der Waals surface area contributed by atoms with Crippen molar-refractivity contribution in [3.63, 3.8) is 0 Å². The third kappa shape index (κ3) is 3.26. The number of nitrogens with zero attached hydrogens (tertiary/aromatic N) is 2. The molecule has 90 valence electrons. The lowest BCUT2D eigenvalue weighted by Gasteiger charge is -2.03. The van der Waals surface area contributed by atoms with E-state index in [1.54, 1.807) is 12.1 Å². The van der Waals surface area contributed by atoms with E-state index in [1.807, 2.05) is 0 Å². The number of nitro groups is 1. The van der Waals surface area contributed by atoms with Crippen molar-refractivity contribution in [1.82, 2.24) is 4.90 Å². The van der Waals surface area contributed by atoms with Gasteiger partial charge >= 0.3 is 0 Å². The minimum atomic E-state index is -0.426. The molecule has 1 aliphatic heterocycles. The van der Waals surface area contributed by atoms with Gasteiger partial charge in [-0.15, -0.1) is 0 Å². The molecule has 4 heteroatoms. The van der Waals surface area contributed by atoms with Gasteiger partial charge < -0.3 is 4.90 Å². The highest BCUT2D eigenvalue weighted by molar-refractivity contribution is 5.43. The number of hydrogen-bond acceptors (Lipinski definition) is 3. The molecule has 0 N–H and O–H groups in total. The fourth-order valence-corrected chi connectivity index (χ4v) is 1.71. The average Bonchev–Trinajstić information content (AvgIpc) is 2.88. The van der Waals surface area contributed by atoms with E-state index < -0.39 is 4.92 Å². The third-order valence-electron chi connectivity index (χ3n) is 2.67. The molecule has 1 aromatic carbocycles. The fourth-order valence-electron chi connectivity index (χ4n) is 1.71. The molecule has 0 unspecified atom stereocenters. The molecule has 0 bridgehead atoms. The zero-order valence-electron chi connectivity index (χ0n) is 9.85. The summed E-state index contributed by atoms with van der Waals surface area (Å²) >= 11 is 0. The summed E-state index contributed by atoms with van der Waals surface area (Å²) in [5.74, 6) is 8.41. The molecule has 18 heavy (non-hydrogen) atoms. The van der Waals surface area contributed by atoms with E-state index in [-0.39, 0.29) is 5.69 Å². The smallest absolute Gasteiger partial charge is 0.269 e. The average molecular weight is 240 g/mol.